The summed E-state index contributed by atoms with van der Waals surface area (Å²) >= 11 is 0. The molecule has 0 spiro atoms. The molecule has 1 aliphatic rings. The van der Waals surface area contributed by atoms with E-state index >= 15 is 0 Å². The van der Waals surface area contributed by atoms with Gasteiger partial charge in [0.05, 0.1) is 5.57 Å². The van der Waals surface area contributed by atoms with Crippen LogP contribution in [0, 0.1) is 0 Å². The van der Waals surface area contributed by atoms with Crippen LogP contribution in [-0.2, 0) is 14.8 Å². The largest absolute Gasteiger partial charge is 0.334 e. The van der Waals surface area contributed by atoms with Gasteiger partial charge in [0.1, 0.15) is 16.7 Å². The van der Waals surface area contributed by atoms with Crippen molar-refractivity contribution in [2.75, 3.05) is 5.32 Å². The molecular weight excluding hydrogens is 294 g/mol. The van der Waals surface area contributed by atoms with Gasteiger partial charge in [0.25, 0.3) is 10.0 Å². The van der Waals surface area contributed by atoms with Crippen LogP contribution in [0.2, 0.25) is 0 Å². The number of carbonyl (C=O) groups excluding carboxylic acids is 2. The number of hydrogen-bond donors (Lipinski definition) is 2. The van der Waals surface area contributed by atoms with Crippen molar-refractivity contribution in [2.24, 2.45) is 0 Å². The summed E-state index contributed by atoms with van der Waals surface area (Å²) < 4.78 is 25.9. The Hall–Kier alpha value is -2.70. The molecule has 0 aromatic carbocycles. The van der Waals surface area contributed by atoms with Crippen molar-refractivity contribution < 1.29 is 18.0 Å². The highest BCUT2D eigenvalue weighted by atomic mass is 32.2. The smallest absolute Gasteiger partial charge is 0.292 e. The summed E-state index contributed by atoms with van der Waals surface area (Å²) in [6.45, 7) is 0. The Morgan fingerprint density at radius 1 is 1.33 bits per heavy atom. The highest BCUT2D eigenvalue weighted by Crippen LogP contribution is 2.21. The Morgan fingerprint density at radius 3 is 2.81 bits per heavy atom. The lowest BCUT2D eigenvalue weighted by Crippen LogP contribution is -2.35. The van der Waals surface area contributed by atoms with Gasteiger partial charge in [-0.15, -0.1) is 0 Å². The number of allylic oxidation sites excluding steroid dienone is 4. The SMILES string of the molecule is O=C=C1CC=CC=C1S(=O)(=O)NC(=O)Nc1ccccn1. The number of amides is 2. The van der Waals surface area contributed by atoms with E-state index in [1.165, 1.54) is 24.4 Å². The molecule has 0 radical (unpaired) electrons. The molecule has 108 valence electrons. The van der Waals surface area contributed by atoms with E-state index in [-0.39, 0.29) is 22.7 Å². The first-order valence-electron chi connectivity index (χ1n) is 5.89. The van der Waals surface area contributed by atoms with Crippen LogP contribution >= 0.6 is 0 Å². The Balaban J connectivity index is 2.14. The molecule has 21 heavy (non-hydrogen) atoms. The van der Waals surface area contributed by atoms with E-state index in [0.29, 0.717) is 0 Å². The average molecular weight is 305 g/mol. The third-order valence-corrected chi connectivity index (χ3v) is 3.96. The van der Waals surface area contributed by atoms with E-state index in [1.54, 1.807) is 24.2 Å². The number of sulfonamides is 1. The number of carbonyl (C=O) groups is 1. The molecule has 2 rings (SSSR count). The summed E-state index contributed by atoms with van der Waals surface area (Å²) in [5.41, 5.74) is -0.0318. The highest BCUT2D eigenvalue weighted by Gasteiger charge is 2.25. The molecule has 0 aliphatic heterocycles. The lowest BCUT2D eigenvalue weighted by molar-refractivity contribution is 0.256. The van der Waals surface area contributed by atoms with Gasteiger partial charge in [-0.3, -0.25) is 5.32 Å². The summed E-state index contributed by atoms with van der Waals surface area (Å²) in [5.74, 6) is 1.77. The van der Waals surface area contributed by atoms with Crippen LogP contribution in [0.15, 0.2) is 53.1 Å². The molecule has 0 saturated heterocycles. The molecule has 1 heterocycles. The first-order valence-corrected chi connectivity index (χ1v) is 7.37. The predicted molar refractivity (Wildman–Crippen MR) is 76.4 cm³/mol. The Labute approximate surface area is 121 Å². The normalized spacial score (nSPS) is 14.1. The summed E-state index contributed by atoms with van der Waals surface area (Å²) in [6, 6.07) is 3.83. The minimum atomic E-state index is -4.14. The summed E-state index contributed by atoms with van der Waals surface area (Å²) in [6.07, 6.45) is 5.95. The van der Waals surface area contributed by atoms with Gasteiger partial charge in [-0.25, -0.2) is 27.7 Å². The topological polar surface area (TPSA) is 105 Å². The quantitative estimate of drug-likeness (QED) is 0.815. The number of anilines is 1. The minimum absolute atomic E-state index is 0.0318. The molecule has 8 heteroatoms. The van der Waals surface area contributed by atoms with Crippen molar-refractivity contribution in [3.05, 3.63) is 53.1 Å². The molecular formula is C13H11N3O4S. The standard InChI is InChI=1S/C13H11N3O4S/c17-9-10-5-1-2-6-11(10)21(19,20)16-13(18)15-12-7-3-4-8-14-12/h1-4,6-8H,5H2,(H2,14,15,16,18). The van der Waals surface area contributed by atoms with Crippen molar-refractivity contribution in [2.45, 2.75) is 6.42 Å². The van der Waals surface area contributed by atoms with E-state index < -0.39 is 16.1 Å². The zero-order valence-corrected chi connectivity index (χ0v) is 11.6. The number of aromatic nitrogens is 1. The van der Waals surface area contributed by atoms with Crippen LogP contribution in [0.5, 0.6) is 0 Å². The predicted octanol–water partition coefficient (Wildman–Crippen LogP) is 1.13. The van der Waals surface area contributed by atoms with Gasteiger partial charge in [0, 0.05) is 12.6 Å². The number of hydrogen-bond acceptors (Lipinski definition) is 5. The molecule has 0 unspecified atom stereocenters. The Kier molecular flexibility index (Phi) is 4.32. The minimum Gasteiger partial charge on any atom is -0.292 e. The Bertz CT molecular complexity index is 760. The molecule has 1 aromatic rings. The lowest BCUT2D eigenvalue weighted by atomic mass is 10.1. The maximum Gasteiger partial charge on any atom is 0.334 e. The third kappa shape index (κ3) is 3.65. The molecule has 1 aliphatic carbocycles. The van der Waals surface area contributed by atoms with Crippen LogP contribution in [0.3, 0.4) is 0 Å². The van der Waals surface area contributed by atoms with E-state index in [2.05, 4.69) is 10.3 Å². The first-order chi connectivity index (χ1) is 10.0. The van der Waals surface area contributed by atoms with Crippen LogP contribution in [0.4, 0.5) is 10.6 Å². The molecule has 0 bridgehead atoms. The van der Waals surface area contributed by atoms with Gasteiger partial charge in [0.15, 0.2) is 0 Å². The van der Waals surface area contributed by atoms with Crippen molar-refractivity contribution in [1.82, 2.24) is 9.71 Å². The van der Waals surface area contributed by atoms with Crippen molar-refractivity contribution in [1.29, 1.82) is 0 Å². The fourth-order valence-electron chi connectivity index (χ4n) is 1.64. The van der Waals surface area contributed by atoms with Crippen LogP contribution in [0.25, 0.3) is 0 Å². The molecule has 2 N–H and O–H groups in total. The summed E-state index contributed by atoms with van der Waals surface area (Å²) in [4.78, 5) is 26.0. The second-order valence-corrected chi connectivity index (χ2v) is 5.67. The van der Waals surface area contributed by atoms with Crippen molar-refractivity contribution in [3.63, 3.8) is 0 Å². The van der Waals surface area contributed by atoms with Gasteiger partial charge < -0.3 is 0 Å². The third-order valence-electron chi connectivity index (χ3n) is 2.55. The number of pyridine rings is 1. The highest BCUT2D eigenvalue weighted by molar-refractivity contribution is 7.94. The van der Waals surface area contributed by atoms with Gasteiger partial charge >= 0.3 is 6.03 Å². The van der Waals surface area contributed by atoms with E-state index in [9.17, 15) is 18.0 Å². The zero-order valence-electron chi connectivity index (χ0n) is 10.7. The second-order valence-electron chi connectivity index (χ2n) is 4.02. The van der Waals surface area contributed by atoms with E-state index in [4.69, 9.17) is 0 Å². The van der Waals surface area contributed by atoms with Gasteiger partial charge in [-0.2, -0.15) is 0 Å². The monoisotopic (exact) mass is 305 g/mol. The number of nitrogens with one attached hydrogen (secondary N) is 2. The van der Waals surface area contributed by atoms with Crippen LogP contribution < -0.4 is 10.0 Å². The molecule has 7 nitrogen and oxygen atoms in total. The maximum absolute atomic E-state index is 12.1. The maximum atomic E-state index is 12.1. The van der Waals surface area contributed by atoms with Gasteiger partial charge in [0.2, 0.25) is 0 Å². The molecule has 0 fully saturated rings. The fourth-order valence-corrected chi connectivity index (χ4v) is 2.75. The van der Waals surface area contributed by atoms with Gasteiger partial charge in [-0.1, -0.05) is 18.2 Å². The molecule has 0 saturated carbocycles. The van der Waals surface area contributed by atoms with Crippen molar-refractivity contribution >= 4 is 27.8 Å². The summed E-state index contributed by atoms with van der Waals surface area (Å²) in [5, 5.41) is 2.28. The summed E-state index contributed by atoms with van der Waals surface area (Å²) in [7, 11) is -4.14. The molecule has 2 amide bonds. The van der Waals surface area contributed by atoms with Crippen LogP contribution in [0.1, 0.15) is 6.42 Å². The fraction of sp³-hybridized carbons (Fsp3) is 0.0769. The average Bonchev–Trinajstić information content (AvgIpc) is 2.47. The number of nitrogens with zero attached hydrogens (tertiary/aromatic N) is 1. The van der Waals surface area contributed by atoms with Crippen LogP contribution in [-0.4, -0.2) is 25.4 Å². The zero-order chi connectivity index (χ0) is 15.3. The second kappa shape index (κ2) is 6.17. The Morgan fingerprint density at radius 2 is 2.14 bits per heavy atom. The van der Waals surface area contributed by atoms with E-state index in [0.717, 1.165) is 0 Å². The number of urea groups is 1. The molecule has 0 atom stereocenters. The number of rotatable bonds is 3. The first kappa shape index (κ1) is 14.7. The van der Waals surface area contributed by atoms with E-state index in [1.807, 2.05) is 4.72 Å². The lowest BCUT2D eigenvalue weighted by Gasteiger charge is -2.12. The van der Waals surface area contributed by atoms with Gasteiger partial charge in [-0.05, 0) is 18.2 Å². The van der Waals surface area contributed by atoms with Crippen molar-refractivity contribution in [3.8, 4) is 0 Å². The molecule has 1 aromatic heterocycles.